The maximum Gasteiger partial charge on any atom is 0.547 e. The van der Waals surface area contributed by atoms with Gasteiger partial charge in [-0.3, -0.25) is 9.59 Å². The third-order valence-corrected chi connectivity index (χ3v) is 5.59. The Morgan fingerprint density at radius 2 is 2.03 bits per heavy atom. The van der Waals surface area contributed by atoms with Crippen molar-refractivity contribution in [1.29, 1.82) is 0 Å². The zero-order chi connectivity index (χ0) is 22.8. The number of hydrogen-bond donors (Lipinski definition) is 4. The highest BCUT2D eigenvalue weighted by Crippen LogP contribution is 2.30. The lowest BCUT2D eigenvalue weighted by molar-refractivity contribution is -0.122. The first kappa shape index (κ1) is 21.8. The molecule has 0 aliphatic carbocycles. The fourth-order valence-electron chi connectivity index (χ4n) is 3.85. The Kier molecular flexibility index (Phi) is 6.10. The highest BCUT2D eigenvalue weighted by molar-refractivity contribution is 6.47. The summed E-state index contributed by atoms with van der Waals surface area (Å²) in [4.78, 5) is 38.0. The van der Waals surface area contributed by atoms with Gasteiger partial charge >= 0.3 is 13.1 Å². The van der Waals surface area contributed by atoms with Gasteiger partial charge in [0.2, 0.25) is 5.91 Å². The number of carbonyl (C=O) groups is 3. The van der Waals surface area contributed by atoms with Gasteiger partial charge in [0, 0.05) is 19.1 Å². The van der Waals surface area contributed by atoms with Crippen LogP contribution in [0, 0.1) is 0 Å². The Balaban J connectivity index is 1.36. The molecule has 2 aliphatic heterocycles. The number of amides is 2. The molecule has 1 aromatic heterocycles. The molecule has 1 aromatic carbocycles. The Morgan fingerprint density at radius 1 is 1.28 bits per heavy atom. The maximum atomic E-state index is 12.5. The Labute approximate surface area is 183 Å². The standard InChI is InChI=1S/C19H23BN6O6/c21-12-4-6-25(7-5-12)18(28)14-9-26(24-23-14)10-16(27)22-15-8-11-2-1-3-13(19(29)30)17(11)32-20(15)31/h1-3,9,12,15,31H,4-8,10,21H2,(H,22,27)(H,29,30). The van der Waals surface area contributed by atoms with Gasteiger partial charge in [0.1, 0.15) is 12.3 Å². The van der Waals surface area contributed by atoms with Crippen LogP contribution in [-0.4, -0.2) is 80.0 Å². The van der Waals surface area contributed by atoms with Gasteiger partial charge in [-0.25, -0.2) is 9.48 Å². The highest BCUT2D eigenvalue weighted by atomic mass is 16.5. The van der Waals surface area contributed by atoms with Crippen LogP contribution in [0.1, 0.15) is 39.3 Å². The summed E-state index contributed by atoms with van der Waals surface area (Å²) in [5, 5.41) is 29.9. The first-order chi connectivity index (χ1) is 15.3. The fraction of sp³-hybridized carbons (Fsp3) is 0.421. The molecule has 1 unspecified atom stereocenters. The van der Waals surface area contributed by atoms with Crippen LogP contribution in [0.4, 0.5) is 0 Å². The number of aromatic carboxylic acids is 1. The molecule has 0 spiro atoms. The molecule has 12 nitrogen and oxygen atoms in total. The summed E-state index contributed by atoms with van der Waals surface area (Å²) in [5.41, 5.74) is 6.52. The summed E-state index contributed by atoms with van der Waals surface area (Å²) in [6.07, 6.45) is 3.05. The number of nitrogens with zero attached hydrogens (tertiary/aromatic N) is 4. The van der Waals surface area contributed by atoms with Crippen molar-refractivity contribution >= 4 is 24.9 Å². The van der Waals surface area contributed by atoms with E-state index in [1.54, 1.807) is 17.0 Å². The Bertz CT molecular complexity index is 1040. The van der Waals surface area contributed by atoms with Crippen molar-refractivity contribution in [2.45, 2.75) is 37.8 Å². The lowest BCUT2D eigenvalue weighted by Gasteiger charge is -2.29. The molecular formula is C19H23BN6O6. The van der Waals surface area contributed by atoms with Crippen molar-refractivity contribution in [3.8, 4) is 5.75 Å². The van der Waals surface area contributed by atoms with Crippen molar-refractivity contribution in [3.05, 3.63) is 41.2 Å². The minimum atomic E-state index is -1.41. The minimum Gasteiger partial charge on any atom is -0.534 e. The van der Waals surface area contributed by atoms with Gasteiger partial charge in [0.25, 0.3) is 5.91 Å². The molecule has 2 aromatic rings. The first-order valence-electron chi connectivity index (χ1n) is 10.3. The number of carboxylic acid groups (broad SMARTS) is 1. The van der Waals surface area contributed by atoms with E-state index in [-0.39, 0.29) is 41.9 Å². The van der Waals surface area contributed by atoms with Crippen LogP contribution in [0.3, 0.4) is 0 Å². The van der Waals surface area contributed by atoms with E-state index < -0.39 is 24.9 Å². The van der Waals surface area contributed by atoms with Gasteiger partial charge in [-0.15, -0.1) is 5.10 Å². The molecule has 13 heteroatoms. The second-order valence-electron chi connectivity index (χ2n) is 7.92. The summed E-state index contributed by atoms with van der Waals surface area (Å²) >= 11 is 0. The van der Waals surface area contributed by atoms with Crippen LogP contribution in [0.15, 0.2) is 24.4 Å². The lowest BCUT2D eigenvalue weighted by atomic mass is 9.72. The average Bonchev–Trinajstić information content (AvgIpc) is 3.22. The number of aromatic nitrogens is 3. The molecule has 2 amide bonds. The summed E-state index contributed by atoms with van der Waals surface area (Å²) in [6, 6.07) is 4.73. The summed E-state index contributed by atoms with van der Waals surface area (Å²) < 4.78 is 6.61. The molecule has 168 valence electrons. The van der Waals surface area contributed by atoms with Gasteiger partial charge in [0.05, 0.1) is 17.7 Å². The maximum absolute atomic E-state index is 12.5. The van der Waals surface area contributed by atoms with E-state index in [0.717, 1.165) is 12.8 Å². The molecule has 0 radical (unpaired) electrons. The topological polar surface area (TPSA) is 173 Å². The SMILES string of the molecule is NC1CCN(C(=O)c2cn(CC(=O)NC3Cc4cccc(C(=O)O)c4OB3O)nn2)CC1. The van der Waals surface area contributed by atoms with Crippen molar-refractivity contribution < 1.29 is 29.2 Å². The second-order valence-corrected chi connectivity index (χ2v) is 7.92. The van der Waals surface area contributed by atoms with Crippen LogP contribution in [0.5, 0.6) is 5.75 Å². The van der Waals surface area contributed by atoms with Crippen LogP contribution in [-0.2, 0) is 17.8 Å². The number of nitrogens with two attached hydrogens (primary N) is 1. The van der Waals surface area contributed by atoms with E-state index >= 15 is 0 Å². The van der Waals surface area contributed by atoms with Gasteiger partial charge in [-0.05, 0) is 30.9 Å². The second kappa shape index (κ2) is 8.97. The van der Waals surface area contributed by atoms with E-state index in [9.17, 15) is 24.5 Å². The molecule has 5 N–H and O–H groups in total. The quantitative estimate of drug-likeness (QED) is 0.410. The smallest absolute Gasteiger partial charge is 0.534 e. The summed E-state index contributed by atoms with van der Waals surface area (Å²) in [5.74, 6) is -2.58. The summed E-state index contributed by atoms with van der Waals surface area (Å²) in [7, 11) is -1.41. The van der Waals surface area contributed by atoms with E-state index in [2.05, 4.69) is 15.6 Å². The van der Waals surface area contributed by atoms with E-state index in [1.807, 2.05) is 0 Å². The van der Waals surface area contributed by atoms with Crippen molar-refractivity contribution in [2.75, 3.05) is 13.1 Å². The third kappa shape index (κ3) is 4.58. The molecule has 2 aliphatic rings. The number of para-hydroxylation sites is 1. The molecule has 4 rings (SSSR count). The molecule has 0 bridgehead atoms. The number of piperidine rings is 1. The van der Waals surface area contributed by atoms with E-state index in [4.69, 9.17) is 10.4 Å². The molecule has 1 saturated heterocycles. The van der Waals surface area contributed by atoms with Gasteiger partial charge < -0.3 is 30.7 Å². The first-order valence-corrected chi connectivity index (χ1v) is 10.3. The van der Waals surface area contributed by atoms with Gasteiger partial charge in [-0.2, -0.15) is 0 Å². The van der Waals surface area contributed by atoms with Crippen LogP contribution >= 0.6 is 0 Å². The summed E-state index contributed by atoms with van der Waals surface area (Å²) in [6.45, 7) is 0.895. The van der Waals surface area contributed by atoms with Crippen molar-refractivity contribution in [1.82, 2.24) is 25.2 Å². The largest absolute Gasteiger partial charge is 0.547 e. The molecular weight excluding hydrogens is 419 g/mol. The molecule has 0 saturated carbocycles. The Morgan fingerprint density at radius 3 is 2.75 bits per heavy atom. The van der Waals surface area contributed by atoms with Crippen molar-refractivity contribution in [3.63, 3.8) is 0 Å². The van der Waals surface area contributed by atoms with Crippen LogP contribution < -0.4 is 15.7 Å². The predicted molar refractivity (Wildman–Crippen MR) is 111 cm³/mol. The molecule has 3 heterocycles. The zero-order valence-electron chi connectivity index (χ0n) is 17.2. The number of likely N-dealkylation sites (tertiary alicyclic amines) is 1. The number of rotatable bonds is 5. The van der Waals surface area contributed by atoms with Gasteiger partial charge in [0.15, 0.2) is 5.69 Å². The van der Waals surface area contributed by atoms with Crippen molar-refractivity contribution in [2.24, 2.45) is 5.73 Å². The predicted octanol–water partition coefficient (Wildman–Crippen LogP) is -1.32. The highest BCUT2D eigenvalue weighted by Gasteiger charge is 2.37. The number of fused-ring (bicyclic) bond motifs is 1. The number of nitrogens with one attached hydrogen (secondary N) is 1. The van der Waals surface area contributed by atoms with Gasteiger partial charge in [-0.1, -0.05) is 17.3 Å². The number of carboxylic acids is 1. The lowest BCUT2D eigenvalue weighted by Crippen LogP contribution is -2.53. The van der Waals surface area contributed by atoms with Crippen LogP contribution in [0.25, 0.3) is 0 Å². The average molecular weight is 442 g/mol. The fourth-order valence-corrected chi connectivity index (χ4v) is 3.85. The molecule has 1 atom stereocenters. The number of hydrogen-bond acceptors (Lipinski definition) is 8. The minimum absolute atomic E-state index is 0.0539. The number of benzene rings is 1. The van der Waals surface area contributed by atoms with E-state index in [0.29, 0.717) is 18.7 Å². The molecule has 1 fully saturated rings. The Hall–Kier alpha value is -3.45. The third-order valence-electron chi connectivity index (χ3n) is 5.59. The molecule has 32 heavy (non-hydrogen) atoms. The van der Waals surface area contributed by atoms with Crippen LogP contribution in [0.2, 0.25) is 0 Å². The zero-order valence-corrected chi connectivity index (χ0v) is 17.2. The monoisotopic (exact) mass is 442 g/mol. The normalized spacial score (nSPS) is 18.6. The van der Waals surface area contributed by atoms with E-state index in [1.165, 1.54) is 16.9 Å². The number of carbonyl (C=O) groups excluding carboxylic acids is 2.